The summed E-state index contributed by atoms with van der Waals surface area (Å²) in [4.78, 5) is 6.76. The molecular formula is C22H39IN4OS. The second kappa shape index (κ2) is 13.6. The first-order chi connectivity index (χ1) is 13.4. The van der Waals surface area contributed by atoms with E-state index in [1.54, 1.807) is 0 Å². The summed E-state index contributed by atoms with van der Waals surface area (Å²) in [5.74, 6) is 1.59. The lowest BCUT2D eigenvalue weighted by Gasteiger charge is -2.30. The van der Waals surface area contributed by atoms with Crippen LogP contribution in [0.1, 0.15) is 57.6 Å². The Morgan fingerprint density at radius 3 is 2.59 bits per heavy atom. The molecule has 0 bridgehead atoms. The molecule has 2 N–H and O–H groups in total. The van der Waals surface area contributed by atoms with Gasteiger partial charge in [0.1, 0.15) is 0 Å². The number of aliphatic imine (C=N–C) groups is 1. The Bertz CT molecular complexity index is 668. The second-order valence-electron chi connectivity index (χ2n) is 8.00. The van der Waals surface area contributed by atoms with Crippen LogP contribution in [0.25, 0.3) is 0 Å². The highest BCUT2D eigenvalue weighted by Gasteiger charge is 2.26. The van der Waals surface area contributed by atoms with E-state index in [1.165, 1.54) is 11.1 Å². The van der Waals surface area contributed by atoms with Crippen molar-refractivity contribution in [1.82, 2.24) is 15.5 Å². The lowest BCUT2D eigenvalue weighted by Crippen LogP contribution is -2.46. The first kappa shape index (κ1) is 26.4. The number of benzene rings is 1. The number of hydrogen-bond acceptors (Lipinski definition) is 3. The van der Waals surface area contributed by atoms with Crippen molar-refractivity contribution in [1.29, 1.82) is 0 Å². The van der Waals surface area contributed by atoms with Gasteiger partial charge in [0.2, 0.25) is 0 Å². The number of hydrogen-bond donors (Lipinski definition) is 2. The average molecular weight is 535 g/mol. The Kier molecular flexibility index (Phi) is 12.4. The molecule has 0 radical (unpaired) electrons. The number of nitrogens with one attached hydrogen (secondary N) is 2. The topological polar surface area (TPSA) is 56.7 Å². The van der Waals surface area contributed by atoms with Crippen molar-refractivity contribution in [2.24, 2.45) is 4.99 Å². The number of guanidine groups is 1. The summed E-state index contributed by atoms with van der Waals surface area (Å²) in [5, 5.41) is 7.36. The van der Waals surface area contributed by atoms with Crippen molar-refractivity contribution in [3.63, 3.8) is 0 Å². The molecule has 1 saturated carbocycles. The summed E-state index contributed by atoms with van der Waals surface area (Å²) in [6.45, 7) is 8.14. The van der Waals surface area contributed by atoms with E-state index in [4.69, 9.17) is 0 Å². The van der Waals surface area contributed by atoms with Gasteiger partial charge in [-0.2, -0.15) is 0 Å². The van der Waals surface area contributed by atoms with Gasteiger partial charge < -0.3 is 10.6 Å². The largest absolute Gasteiger partial charge is 0.354 e. The molecule has 0 amide bonds. The molecule has 1 aliphatic rings. The van der Waals surface area contributed by atoms with E-state index >= 15 is 0 Å². The number of rotatable bonds is 8. The van der Waals surface area contributed by atoms with Crippen LogP contribution in [-0.2, 0) is 23.9 Å². The third-order valence-electron chi connectivity index (χ3n) is 5.71. The van der Waals surface area contributed by atoms with E-state index in [9.17, 15) is 4.21 Å². The summed E-state index contributed by atoms with van der Waals surface area (Å²) in [7, 11) is 3.28. The molecule has 0 aromatic heterocycles. The third-order valence-corrected chi connectivity index (χ3v) is 7.45. The van der Waals surface area contributed by atoms with Crippen molar-refractivity contribution in [2.45, 2.75) is 76.9 Å². The molecule has 0 spiro atoms. The molecule has 0 heterocycles. The van der Waals surface area contributed by atoms with E-state index in [1.807, 2.05) is 14.0 Å². The molecule has 7 heteroatoms. The fourth-order valence-corrected chi connectivity index (χ4v) is 5.00. The first-order valence-corrected chi connectivity index (χ1v) is 11.9. The molecular weight excluding hydrogens is 495 g/mol. The van der Waals surface area contributed by atoms with E-state index in [2.05, 4.69) is 65.7 Å². The standard InChI is InChI=1S/C22H38N4OS.HI/c1-6-28(27)21-13-9-12-20(14-21)25-22(23-4)24-15-18-10-7-8-11-19(18)16-26(5)17(2)3;/h7-8,10-11,17,20-21H,6,9,12-16H2,1-5H3,(H2,23,24,25);1H. The lowest BCUT2D eigenvalue weighted by molar-refractivity contribution is 0.265. The lowest BCUT2D eigenvalue weighted by atomic mass is 9.95. The van der Waals surface area contributed by atoms with Crippen LogP contribution in [0.4, 0.5) is 0 Å². The highest BCUT2D eigenvalue weighted by Crippen LogP contribution is 2.23. The molecule has 29 heavy (non-hydrogen) atoms. The molecule has 1 aromatic carbocycles. The predicted octanol–water partition coefficient (Wildman–Crippen LogP) is 3.89. The summed E-state index contributed by atoms with van der Waals surface area (Å²) in [6, 6.07) is 9.46. The van der Waals surface area contributed by atoms with E-state index in [0.29, 0.717) is 17.3 Å². The highest BCUT2D eigenvalue weighted by atomic mass is 127. The third kappa shape index (κ3) is 8.53. The van der Waals surface area contributed by atoms with Gasteiger partial charge in [0.25, 0.3) is 0 Å². The molecule has 0 saturated heterocycles. The Labute approximate surface area is 197 Å². The van der Waals surface area contributed by atoms with E-state index in [-0.39, 0.29) is 24.0 Å². The van der Waals surface area contributed by atoms with Gasteiger partial charge in [-0.05, 0) is 51.3 Å². The van der Waals surface area contributed by atoms with Gasteiger partial charge in [0.05, 0.1) is 0 Å². The quantitative estimate of drug-likeness (QED) is 0.302. The minimum Gasteiger partial charge on any atom is -0.354 e. The molecule has 0 aliphatic heterocycles. The van der Waals surface area contributed by atoms with Gasteiger partial charge in [-0.1, -0.05) is 37.6 Å². The van der Waals surface area contributed by atoms with Crippen LogP contribution in [0.15, 0.2) is 29.3 Å². The predicted molar refractivity (Wildman–Crippen MR) is 137 cm³/mol. The van der Waals surface area contributed by atoms with Crippen LogP contribution in [0, 0.1) is 0 Å². The van der Waals surface area contributed by atoms with E-state index < -0.39 is 10.8 Å². The van der Waals surface area contributed by atoms with Crippen LogP contribution in [0.3, 0.4) is 0 Å². The van der Waals surface area contributed by atoms with Crippen molar-refractivity contribution in [2.75, 3.05) is 19.8 Å². The minimum atomic E-state index is -0.702. The highest BCUT2D eigenvalue weighted by molar-refractivity contribution is 14.0. The van der Waals surface area contributed by atoms with Crippen LogP contribution in [0.2, 0.25) is 0 Å². The second-order valence-corrected chi connectivity index (χ2v) is 10.0. The van der Waals surface area contributed by atoms with Crippen molar-refractivity contribution in [3.8, 4) is 0 Å². The zero-order chi connectivity index (χ0) is 20.5. The summed E-state index contributed by atoms with van der Waals surface area (Å²) < 4.78 is 12.2. The molecule has 2 rings (SSSR count). The van der Waals surface area contributed by atoms with Gasteiger partial charge in [-0.25, -0.2) is 0 Å². The van der Waals surface area contributed by atoms with Crippen molar-refractivity contribution in [3.05, 3.63) is 35.4 Å². The van der Waals surface area contributed by atoms with Crippen LogP contribution < -0.4 is 10.6 Å². The maximum Gasteiger partial charge on any atom is 0.191 e. The Morgan fingerprint density at radius 1 is 1.28 bits per heavy atom. The zero-order valence-electron chi connectivity index (χ0n) is 18.6. The molecule has 1 fully saturated rings. The fourth-order valence-electron chi connectivity index (χ4n) is 3.65. The maximum atomic E-state index is 12.2. The van der Waals surface area contributed by atoms with Gasteiger partial charge >= 0.3 is 0 Å². The number of halogens is 1. The Hall–Kier alpha value is -0.670. The fraction of sp³-hybridized carbons (Fsp3) is 0.682. The van der Waals surface area contributed by atoms with Gasteiger partial charge in [0, 0.05) is 54.0 Å². The van der Waals surface area contributed by atoms with Gasteiger partial charge in [-0.15, -0.1) is 24.0 Å². The van der Waals surface area contributed by atoms with Crippen molar-refractivity contribution >= 4 is 40.7 Å². The minimum absolute atomic E-state index is 0. The Balaban J connectivity index is 0.00000420. The summed E-state index contributed by atoms with van der Waals surface area (Å²) in [6.07, 6.45) is 4.31. The summed E-state index contributed by atoms with van der Waals surface area (Å²) >= 11 is 0. The molecule has 3 atom stereocenters. The average Bonchev–Trinajstić information content (AvgIpc) is 2.71. The molecule has 3 unspecified atom stereocenters. The normalized spacial score (nSPS) is 21.0. The van der Waals surface area contributed by atoms with Crippen LogP contribution in [-0.4, -0.2) is 52.3 Å². The molecule has 1 aromatic rings. The zero-order valence-corrected chi connectivity index (χ0v) is 21.8. The Morgan fingerprint density at radius 2 is 1.97 bits per heavy atom. The van der Waals surface area contributed by atoms with Gasteiger partial charge in [-0.3, -0.25) is 14.1 Å². The maximum absolute atomic E-state index is 12.2. The van der Waals surface area contributed by atoms with Gasteiger partial charge in [0.15, 0.2) is 5.96 Å². The molecule has 1 aliphatic carbocycles. The monoisotopic (exact) mass is 534 g/mol. The van der Waals surface area contributed by atoms with Crippen LogP contribution in [0.5, 0.6) is 0 Å². The van der Waals surface area contributed by atoms with Crippen molar-refractivity contribution < 1.29 is 4.21 Å². The molecule has 5 nitrogen and oxygen atoms in total. The first-order valence-electron chi connectivity index (χ1n) is 10.6. The smallest absolute Gasteiger partial charge is 0.191 e. The number of nitrogens with zero attached hydrogens (tertiary/aromatic N) is 2. The SMILES string of the molecule is CCS(=O)C1CCCC(NC(=NC)NCc2ccccc2CN(C)C(C)C)C1.I. The van der Waals surface area contributed by atoms with Crippen LogP contribution >= 0.6 is 24.0 Å². The van der Waals surface area contributed by atoms with E-state index in [0.717, 1.165) is 50.5 Å². The summed E-state index contributed by atoms with van der Waals surface area (Å²) in [5.41, 5.74) is 2.64. The molecule has 166 valence electrons.